The minimum absolute atomic E-state index is 0.122. The molecule has 2 aromatic carbocycles. The van der Waals surface area contributed by atoms with Crippen molar-refractivity contribution < 1.29 is 9.53 Å². The van der Waals surface area contributed by atoms with Crippen LogP contribution in [0.15, 0.2) is 79.0 Å². The SMILES string of the molecule is COc1ccccc1/C=C(\C(=O)NCCc1ccccn1)c1ccccc1. The zero-order valence-corrected chi connectivity index (χ0v) is 15.3. The monoisotopic (exact) mass is 358 g/mol. The number of rotatable bonds is 7. The summed E-state index contributed by atoms with van der Waals surface area (Å²) in [4.78, 5) is 17.2. The van der Waals surface area contributed by atoms with Crippen LogP contribution in [0.2, 0.25) is 0 Å². The third kappa shape index (κ3) is 5.05. The molecule has 0 fully saturated rings. The zero-order chi connectivity index (χ0) is 18.9. The van der Waals surface area contributed by atoms with Crippen molar-refractivity contribution in [2.45, 2.75) is 6.42 Å². The van der Waals surface area contributed by atoms with E-state index >= 15 is 0 Å². The van der Waals surface area contributed by atoms with E-state index in [9.17, 15) is 4.79 Å². The van der Waals surface area contributed by atoms with Gasteiger partial charge in [0.25, 0.3) is 5.91 Å². The fourth-order valence-corrected chi connectivity index (χ4v) is 2.78. The lowest BCUT2D eigenvalue weighted by Gasteiger charge is -2.11. The van der Waals surface area contributed by atoms with Crippen molar-refractivity contribution >= 4 is 17.6 Å². The molecule has 0 bridgehead atoms. The van der Waals surface area contributed by atoms with Gasteiger partial charge in [-0.05, 0) is 29.8 Å². The Hall–Kier alpha value is -3.40. The zero-order valence-electron chi connectivity index (χ0n) is 15.3. The number of ether oxygens (including phenoxy) is 1. The molecule has 3 rings (SSSR count). The number of hydrogen-bond donors (Lipinski definition) is 1. The Morgan fingerprint density at radius 2 is 1.74 bits per heavy atom. The summed E-state index contributed by atoms with van der Waals surface area (Å²) < 4.78 is 5.42. The average molecular weight is 358 g/mol. The first-order chi connectivity index (χ1) is 13.3. The van der Waals surface area contributed by atoms with Crippen LogP contribution in [0.3, 0.4) is 0 Å². The van der Waals surface area contributed by atoms with Crippen LogP contribution >= 0.6 is 0 Å². The first kappa shape index (κ1) is 18.4. The van der Waals surface area contributed by atoms with Crippen molar-refractivity contribution in [3.05, 3.63) is 95.8 Å². The summed E-state index contributed by atoms with van der Waals surface area (Å²) in [6.07, 6.45) is 4.31. The van der Waals surface area contributed by atoms with Gasteiger partial charge in [-0.15, -0.1) is 0 Å². The summed E-state index contributed by atoms with van der Waals surface area (Å²) in [6.45, 7) is 0.520. The summed E-state index contributed by atoms with van der Waals surface area (Å²) in [5.41, 5.74) is 3.27. The Balaban J connectivity index is 1.82. The number of carbonyl (C=O) groups is 1. The molecule has 1 N–H and O–H groups in total. The van der Waals surface area contributed by atoms with E-state index in [2.05, 4.69) is 10.3 Å². The molecule has 0 saturated heterocycles. The standard InChI is InChI=1S/C23H22N2O2/c1-27-22-13-6-5-11-19(22)17-21(18-9-3-2-4-10-18)23(26)25-16-14-20-12-7-8-15-24-20/h2-13,15,17H,14,16H2,1H3,(H,25,26)/b21-17-. The first-order valence-corrected chi connectivity index (χ1v) is 8.86. The lowest BCUT2D eigenvalue weighted by atomic mass is 10.0. The molecule has 27 heavy (non-hydrogen) atoms. The molecule has 1 amide bonds. The molecule has 4 nitrogen and oxygen atoms in total. The number of benzene rings is 2. The molecule has 0 spiro atoms. The van der Waals surface area contributed by atoms with Crippen molar-refractivity contribution in [3.63, 3.8) is 0 Å². The number of carbonyl (C=O) groups excluding carboxylic acids is 1. The number of nitrogens with zero attached hydrogens (tertiary/aromatic N) is 1. The molecule has 136 valence electrons. The molecule has 1 heterocycles. The number of amides is 1. The summed E-state index contributed by atoms with van der Waals surface area (Å²) in [7, 11) is 1.63. The third-order valence-corrected chi connectivity index (χ3v) is 4.16. The van der Waals surface area contributed by atoms with Crippen LogP contribution in [0.1, 0.15) is 16.8 Å². The van der Waals surface area contributed by atoms with Crippen molar-refractivity contribution in [2.24, 2.45) is 0 Å². The van der Waals surface area contributed by atoms with Crippen LogP contribution in [-0.4, -0.2) is 24.5 Å². The maximum absolute atomic E-state index is 12.9. The van der Waals surface area contributed by atoms with Gasteiger partial charge in [0.15, 0.2) is 0 Å². The predicted molar refractivity (Wildman–Crippen MR) is 108 cm³/mol. The molecule has 0 unspecified atom stereocenters. The highest BCUT2D eigenvalue weighted by molar-refractivity contribution is 6.24. The first-order valence-electron chi connectivity index (χ1n) is 8.86. The topological polar surface area (TPSA) is 51.2 Å². The minimum atomic E-state index is -0.122. The molecular weight excluding hydrogens is 336 g/mol. The van der Waals surface area contributed by atoms with Crippen molar-refractivity contribution in [2.75, 3.05) is 13.7 Å². The summed E-state index contributed by atoms with van der Waals surface area (Å²) in [6, 6.07) is 23.1. The second kappa shape index (κ2) is 9.34. The van der Waals surface area contributed by atoms with Gasteiger partial charge in [-0.25, -0.2) is 0 Å². The molecule has 1 aromatic heterocycles. The highest BCUT2D eigenvalue weighted by Gasteiger charge is 2.13. The van der Waals surface area contributed by atoms with E-state index < -0.39 is 0 Å². The maximum atomic E-state index is 12.9. The van der Waals surface area contributed by atoms with Crippen molar-refractivity contribution in [3.8, 4) is 5.75 Å². The smallest absolute Gasteiger partial charge is 0.251 e. The van der Waals surface area contributed by atoms with Gasteiger partial charge >= 0.3 is 0 Å². The quantitative estimate of drug-likeness (QED) is 0.513. The van der Waals surface area contributed by atoms with Crippen molar-refractivity contribution in [1.82, 2.24) is 10.3 Å². The number of hydrogen-bond acceptors (Lipinski definition) is 3. The summed E-state index contributed by atoms with van der Waals surface area (Å²) in [5, 5.41) is 3.00. The average Bonchev–Trinajstić information content (AvgIpc) is 2.73. The maximum Gasteiger partial charge on any atom is 0.251 e. The Bertz CT molecular complexity index is 906. The molecule has 0 radical (unpaired) electrons. The van der Waals surface area contributed by atoms with Gasteiger partial charge in [0.2, 0.25) is 0 Å². The highest BCUT2D eigenvalue weighted by atomic mass is 16.5. The number of pyridine rings is 1. The van der Waals surface area contributed by atoms with Gasteiger partial charge in [-0.1, -0.05) is 54.6 Å². The van der Waals surface area contributed by atoms with Crippen LogP contribution in [0, 0.1) is 0 Å². The van der Waals surface area contributed by atoms with Gasteiger partial charge in [-0.2, -0.15) is 0 Å². The van der Waals surface area contributed by atoms with E-state index in [0.29, 0.717) is 18.5 Å². The van der Waals surface area contributed by atoms with E-state index in [1.165, 1.54) is 0 Å². The summed E-state index contributed by atoms with van der Waals surface area (Å²) in [5.74, 6) is 0.607. The summed E-state index contributed by atoms with van der Waals surface area (Å²) >= 11 is 0. The normalized spacial score (nSPS) is 11.1. The van der Waals surface area contributed by atoms with Gasteiger partial charge in [0.1, 0.15) is 5.75 Å². The molecule has 0 aliphatic carbocycles. The van der Waals surface area contributed by atoms with E-state index in [1.807, 2.05) is 78.9 Å². The van der Waals surface area contributed by atoms with Crippen LogP contribution in [0.4, 0.5) is 0 Å². The molecule has 0 atom stereocenters. The predicted octanol–water partition coefficient (Wildman–Crippen LogP) is 3.99. The number of methoxy groups -OCH3 is 1. The van der Waals surface area contributed by atoms with Crippen LogP contribution in [-0.2, 0) is 11.2 Å². The molecule has 0 saturated carbocycles. The van der Waals surface area contributed by atoms with Crippen LogP contribution in [0.25, 0.3) is 11.6 Å². The second-order valence-corrected chi connectivity index (χ2v) is 5.99. The van der Waals surface area contributed by atoms with Gasteiger partial charge in [0.05, 0.1) is 7.11 Å². The number of para-hydroxylation sites is 1. The Morgan fingerprint density at radius 1 is 1.00 bits per heavy atom. The van der Waals surface area contributed by atoms with E-state index in [4.69, 9.17) is 4.74 Å². The minimum Gasteiger partial charge on any atom is -0.496 e. The van der Waals surface area contributed by atoms with Gasteiger partial charge in [-0.3, -0.25) is 9.78 Å². The van der Waals surface area contributed by atoms with E-state index in [0.717, 1.165) is 22.6 Å². The number of nitrogens with one attached hydrogen (secondary N) is 1. The Morgan fingerprint density at radius 3 is 2.48 bits per heavy atom. The largest absolute Gasteiger partial charge is 0.496 e. The molecular formula is C23H22N2O2. The second-order valence-electron chi connectivity index (χ2n) is 5.99. The molecule has 4 heteroatoms. The third-order valence-electron chi connectivity index (χ3n) is 4.16. The van der Waals surface area contributed by atoms with Crippen LogP contribution in [0.5, 0.6) is 5.75 Å². The molecule has 3 aromatic rings. The number of aromatic nitrogens is 1. The lowest BCUT2D eigenvalue weighted by Crippen LogP contribution is -2.26. The van der Waals surface area contributed by atoms with Crippen LogP contribution < -0.4 is 10.1 Å². The van der Waals surface area contributed by atoms with E-state index in [1.54, 1.807) is 13.3 Å². The van der Waals surface area contributed by atoms with Gasteiger partial charge < -0.3 is 10.1 Å². The fraction of sp³-hybridized carbons (Fsp3) is 0.130. The molecule has 0 aliphatic rings. The van der Waals surface area contributed by atoms with Crippen molar-refractivity contribution in [1.29, 1.82) is 0 Å². The fourth-order valence-electron chi connectivity index (χ4n) is 2.78. The van der Waals surface area contributed by atoms with Gasteiger partial charge in [0, 0.05) is 36.0 Å². The Kier molecular flexibility index (Phi) is 6.36. The Labute approximate surface area is 159 Å². The van der Waals surface area contributed by atoms with E-state index in [-0.39, 0.29) is 5.91 Å². The molecule has 0 aliphatic heterocycles. The highest BCUT2D eigenvalue weighted by Crippen LogP contribution is 2.24. The lowest BCUT2D eigenvalue weighted by molar-refractivity contribution is -0.115.